The highest BCUT2D eigenvalue weighted by atomic mass is 79.9. The van der Waals surface area contributed by atoms with Gasteiger partial charge in [0.15, 0.2) is 11.6 Å². The van der Waals surface area contributed by atoms with Crippen LogP contribution in [0.1, 0.15) is 20.7 Å². The molecule has 0 heterocycles. The lowest BCUT2D eigenvalue weighted by Gasteiger charge is -2.26. The third-order valence-corrected chi connectivity index (χ3v) is 3.29. The largest absolute Gasteiger partial charge is 0.293 e. The number of carbonyl (C=O) groups excluding carboxylic acids is 2. The van der Waals surface area contributed by atoms with Crippen molar-refractivity contribution in [2.24, 2.45) is 11.8 Å². The summed E-state index contributed by atoms with van der Waals surface area (Å²) in [5, 5.41) is 0. The lowest BCUT2D eigenvalue weighted by molar-refractivity contribution is 0.0803. The maximum absolute atomic E-state index is 12.2. The van der Waals surface area contributed by atoms with Gasteiger partial charge in [0.1, 0.15) is 0 Å². The second-order valence-corrected chi connectivity index (χ2v) is 4.41. The summed E-state index contributed by atoms with van der Waals surface area (Å²) in [5.41, 5.74) is 1.01. The van der Waals surface area contributed by atoms with E-state index in [1.807, 2.05) is 0 Å². The number of halogens is 1. The molecular formula is C14H11BrO2. The number of allylic oxidation sites excluding steroid dienone is 2. The second-order valence-electron chi connectivity index (χ2n) is 3.88. The minimum absolute atomic E-state index is 0.0270. The number of carbonyl (C=O) groups is 2. The molecule has 1 aromatic carbocycles. The van der Waals surface area contributed by atoms with Gasteiger partial charge in [0.05, 0.1) is 11.8 Å². The van der Waals surface area contributed by atoms with Crippen molar-refractivity contribution in [3.8, 4) is 0 Å². The van der Waals surface area contributed by atoms with Crippen molar-refractivity contribution in [2.75, 3.05) is 0 Å². The van der Waals surface area contributed by atoms with Crippen LogP contribution in [0.3, 0.4) is 0 Å². The summed E-state index contributed by atoms with van der Waals surface area (Å²) in [6.07, 6.45) is 3.25. The molecule has 0 radical (unpaired) electrons. The van der Waals surface area contributed by atoms with Crippen LogP contribution in [0.2, 0.25) is 0 Å². The van der Waals surface area contributed by atoms with Crippen molar-refractivity contribution in [2.45, 2.75) is 0 Å². The Balaban J connectivity index is 2.59. The number of hydrogen-bond donors (Lipinski definition) is 0. The predicted octanol–water partition coefficient (Wildman–Crippen LogP) is 3.39. The number of rotatable bonds is 2. The number of benzene rings is 1. The van der Waals surface area contributed by atoms with Crippen LogP contribution in [0.25, 0.3) is 0 Å². The molecule has 0 spiro atoms. The fourth-order valence-electron chi connectivity index (χ4n) is 2.14. The third-order valence-electron chi connectivity index (χ3n) is 2.98. The van der Waals surface area contributed by atoms with E-state index in [0.717, 1.165) is 0 Å². The maximum atomic E-state index is 12.2. The predicted molar refractivity (Wildman–Crippen MR) is 70.3 cm³/mol. The Morgan fingerprint density at radius 3 is 2.06 bits per heavy atom. The summed E-state index contributed by atoms with van der Waals surface area (Å²) in [6.45, 7) is 3.65. The van der Waals surface area contributed by atoms with E-state index in [0.29, 0.717) is 11.1 Å². The molecule has 0 N–H and O–H groups in total. The van der Waals surface area contributed by atoms with Crippen LogP contribution in [0.5, 0.6) is 0 Å². The highest BCUT2D eigenvalue weighted by Gasteiger charge is 2.37. The molecule has 2 nitrogen and oxygen atoms in total. The molecule has 0 amide bonds. The number of ketones is 2. The smallest absolute Gasteiger partial charge is 0.171 e. The Kier molecular flexibility index (Phi) is 3.38. The topological polar surface area (TPSA) is 34.1 Å². The molecule has 0 bridgehead atoms. The minimum Gasteiger partial charge on any atom is -0.293 e. The average Bonchev–Trinajstić information content (AvgIpc) is 2.36. The molecular weight excluding hydrogens is 280 g/mol. The van der Waals surface area contributed by atoms with Crippen LogP contribution in [0.15, 0.2) is 48.0 Å². The van der Waals surface area contributed by atoms with E-state index < -0.39 is 11.8 Å². The van der Waals surface area contributed by atoms with Gasteiger partial charge in [-0.1, -0.05) is 52.3 Å². The number of fused-ring (bicyclic) bond motifs is 1. The van der Waals surface area contributed by atoms with Crippen LogP contribution in [0.4, 0.5) is 0 Å². The van der Waals surface area contributed by atoms with Crippen LogP contribution in [-0.2, 0) is 0 Å². The summed E-state index contributed by atoms with van der Waals surface area (Å²) >= 11 is 3.15. The lowest BCUT2D eigenvalue weighted by atomic mass is 9.74. The van der Waals surface area contributed by atoms with Gasteiger partial charge in [0.2, 0.25) is 0 Å². The Hall–Kier alpha value is -1.48. The van der Waals surface area contributed by atoms with Gasteiger partial charge in [-0.2, -0.15) is 0 Å². The summed E-state index contributed by atoms with van der Waals surface area (Å²) in [7, 11) is 0. The molecule has 0 saturated carbocycles. The van der Waals surface area contributed by atoms with Crippen molar-refractivity contribution in [1.29, 1.82) is 0 Å². The van der Waals surface area contributed by atoms with E-state index in [2.05, 4.69) is 22.5 Å². The molecule has 0 aromatic heterocycles. The molecule has 0 saturated heterocycles. The summed E-state index contributed by atoms with van der Waals surface area (Å²) in [4.78, 5) is 26.1. The Bertz CT molecular complexity index is 517. The molecule has 17 heavy (non-hydrogen) atoms. The first kappa shape index (κ1) is 12.0. The fraction of sp³-hybridized carbons (Fsp3) is 0.143. The van der Waals surface area contributed by atoms with E-state index in [4.69, 9.17) is 0 Å². The number of hydrogen-bond acceptors (Lipinski definition) is 2. The van der Waals surface area contributed by atoms with Crippen LogP contribution >= 0.6 is 15.9 Å². The molecule has 1 aromatic rings. The fourth-order valence-corrected chi connectivity index (χ4v) is 2.47. The van der Waals surface area contributed by atoms with Gasteiger partial charge in [-0.3, -0.25) is 9.59 Å². The lowest BCUT2D eigenvalue weighted by Crippen LogP contribution is -2.34. The second kappa shape index (κ2) is 4.80. The summed E-state index contributed by atoms with van der Waals surface area (Å²) in [5.74, 6) is -0.980. The zero-order valence-corrected chi connectivity index (χ0v) is 10.7. The Morgan fingerprint density at radius 2 is 1.59 bits per heavy atom. The Morgan fingerprint density at radius 1 is 1.06 bits per heavy atom. The first-order valence-corrected chi connectivity index (χ1v) is 6.19. The van der Waals surface area contributed by atoms with Gasteiger partial charge < -0.3 is 0 Å². The minimum atomic E-state index is -0.466. The standard InChI is InChI=1S/C14H11BrO2/c1-2-9-12(7-8-15)14(17)11-6-4-3-5-10(11)13(9)16/h2-9,12H,1H2/b8-7+. The van der Waals surface area contributed by atoms with E-state index in [9.17, 15) is 9.59 Å². The van der Waals surface area contributed by atoms with Gasteiger partial charge in [0.25, 0.3) is 0 Å². The van der Waals surface area contributed by atoms with Gasteiger partial charge >= 0.3 is 0 Å². The zero-order valence-electron chi connectivity index (χ0n) is 9.10. The van der Waals surface area contributed by atoms with Gasteiger partial charge in [-0.05, 0) is 4.99 Å². The quantitative estimate of drug-likeness (QED) is 0.783. The van der Waals surface area contributed by atoms with E-state index in [1.54, 1.807) is 41.4 Å². The highest BCUT2D eigenvalue weighted by molar-refractivity contribution is 9.11. The monoisotopic (exact) mass is 290 g/mol. The van der Waals surface area contributed by atoms with Gasteiger partial charge in [-0.25, -0.2) is 0 Å². The van der Waals surface area contributed by atoms with Crippen molar-refractivity contribution < 1.29 is 9.59 Å². The molecule has 1 aliphatic rings. The molecule has 2 unspecified atom stereocenters. The van der Waals surface area contributed by atoms with Gasteiger partial charge in [-0.15, -0.1) is 6.58 Å². The average molecular weight is 291 g/mol. The summed E-state index contributed by atoms with van der Waals surface area (Å²) in [6, 6.07) is 6.93. The maximum Gasteiger partial charge on any atom is 0.171 e. The highest BCUT2D eigenvalue weighted by Crippen LogP contribution is 2.32. The number of Topliss-reactive ketones (excluding diaryl/α,β-unsaturated/α-hetero) is 2. The SMILES string of the molecule is C=CC1C(=O)c2ccccc2C(=O)C1/C=C/Br. The molecule has 1 aliphatic carbocycles. The Labute approximate surface area is 108 Å². The van der Waals surface area contributed by atoms with Gasteiger partial charge in [0, 0.05) is 11.1 Å². The first-order valence-electron chi connectivity index (χ1n) is 5.27. The van der Waals surface area contributed by atoms with Crippen molar-refractivity contribution in [3.05, 3.63) is 59.1 Å². The van der Waals surface area contributed by atoms with E-state index >= 15 is 0 Å². The molecule has 0 fully saturated rings. The normalized spacial score (nSPS) is 23.8. The first-order chi connectivity index (χ1) is 8.20. The summed E-state index contributed by atoms with van der Waals surface area (Å²) < 4.78 is 0. The molecule has 2 rings (SSSR count). The molecule has 0 aliphatic heterocycles. The zero-order chi connectivity index (χ0) is 12.4. The van der Waals surface area contributed by atoms with Crippen molar-refractivity contribution >= 4 is 27.5 Å². The van der Waals surface area contributed by atoms with Crippen LogP contribution < -0.4 is 0 Å². The molecule has 3 heteroatoms. The van der Waals surface area contributed by atoms with Crippen molar-refractivity contribution in [1.82, 2.24) is 0 Å². The van der Waals surface area contributed by atoms with E-state index in [-0.39, 0.29) is 11.6 Å². The third kappa shape index (κ3) is 1.91. The molecule has 86 valence electrons. The van der Waals surface area contributed by atoms with Crippen molar-refractivity contribution in [3.63, 3.8) is 0 Å². The molecule has 2 atom stereocenters. The van der Waals surface area contributed by atoms with Crippen LogP contribution in [-0.4, -0.2) is 11.6 Å². The van der Waals surface area contributed by atoms with E-state index in [1.165, 1.54) is 0 Å². The van der Waals surface area contributed by atoms with Crippen LogP contribution in [0, 0.1) is 11.8 Å².